The molecule has 0 aliphatic rings. The second-order valence-corrected chi connectivity index (χ2v) is 12.3. The number of likely N-dealkylation sites (N-methyl/N-ethyl adjacent to an activating group) is 1. The van der Waals surface area contributed by atoms with Crippen molar-refractivity contribution < 1.29 is 23.1 Å². The van der Waals surface area contributed by atoms with Crippen LogP contribution in [0, 0.1) is 5.41 Å². The van der Waals surface area contributed by atoms with Crippen LogP contribution in [0.25, 0.3) is 0 Å². The number of benzene rings is 1. The molecule has 0 fully saturated rings. The van der Waals surface area contributed by atoms with E-state index in [0.717, 1.165) is 11.8 Å². The molecule has 0 heterocycles. The molecule has 0 bridgehead atoms. The summed E-state index contributed by atoms with van der Waals surface area (Å²) in [6.45, 7) is 7.23. The summed E-state index contributed by atoms with van der Waals surface area (Å²) < 4.78 is 23.7. The van der Waals surface area contributed by atoms with E-state index in [4.69, 9.17) is 0 Å². The van der Waals surface area contributed by atoms with Gasteiger partial charge in [0.2, 0.25) is 11.8 Å². The Bertz CT molecular complexity index is 850. The first kappa shape index (κ1) is 28.1. The summed E-state index contributed by atoms with van der Waals surface area (Å²) in [6.07, 6.45) is 0.365. The number of hydrogen-bond acceptors (Lipinski definition) is 6. The fraction of sp³-hybridized carbons (Fsp3) is 0.652. The molecule has 32 heavy (non-hydrogen) atoms. The third-order valence-electron chi connectivity index (χ3n) is 5.29. The van der Waals surface area contributed by atoms with Crippen molar-refractivity contribution in [3.63, 3.8) is 0 Å². The highest BCUT2D eigenvalue weighted by Gasteiger charge is 2.35. The largest absolute Gasteiger partial charge is 0.391 e. The van der Waals surface area contributed by atoms with Gasteiger partial charge in [0.25, 0.3) is 0 Å². The van der Waals surface area contributed by atoms with Gasteiger partial charge in [-0.25, -0.2) is 8.42 Å². The summed E-state index contributed by atoms with van der Waals surface area (Å²) in [5, 5.41) is 15.8. The summed E-state index contributed by atoms with van der Waals surface area (Å²) in [4.78, 5) is 27.3. The number of aliphatic hydroxyl groups is 1. The van der Waals surface area contributed by atoms with Crippen molar-refractivity contribution in [2.75, 3.05) is 26.9 Å². The van der Waals surface area contributed by atoms with Crippen LogP contribution in [0.15, 0.2) is 30.3 Å². The molecule has 3 unspecified atom stereocenters. The average Bonchev–Trinajstić information content (AvgIpc) is 2.64. The SMILES string of the molecule is CC(CC(O)C(Cc1ccccc1)NC(=O)[C@@H](NC(=O)CN(C)C)C(C)(C)C)S(C)(=O)=O. The molecular formula is C23H39N3O5S. The van der Waals surface area contributed by atoms with Crippen molar-refractivity contribution in [2.45, 2.75) is 64.0 Å². The highest BCUT2D eigenvalue weighted by Crippen LogP contribution is 2.21. The Morgan fingerprint density at radius 2 is 1.66 bits per heavy atom. The smallest absolute Gasteiger partial charge is 0.243 e. The first-order valence-corrected chi connectivity index (χ1v) is 12.7. The molecule has 1 aromatic rings. The lowest BCUT2D eigenvalue weighted by atomic mass is 9.85. The number of carbonyl (C=O) groups excluding carboxylic acids is 2. The third-order valence-corrected chi connectivity index (χ3v) is 6.94. The van der Waals surface area contributed by atoms with Crippen molar-refractivity contribution in [3.8, 4) is 0 Å². The van der Waals surface area contributed by atoms with E-state index in [9.17, 15) is 23.1 Å². The Morgan fingerprint density at radius 1 is 1.09 bits per heavy atom. The zero-order chi connectivity index (χ0) is 24.7. The van der Waals surface area contributed by atoms with E-state index in [1.165, 1.54) is 0 Å². The minimum Gasteiger partial charge on any atom is -0.391 e. The van der Waals surface area contributed by atoms with E-state index in [2.05, 4.69) is 10.6 Å². The summed E-state index contributed by atoms with van der Waals surface area (Å²) in [6, 6.07) is 7.81. The van der Waals surface area contributed by atoms with Crippen molar-refractivity contribution in [1.29, 1.82) is 0 Å². The number of hydrogen-bond donors (Lipinski definition) is 3. The number of rotatable bonds is 11. The van der Waals surface area contributed by atoms with E-state index in [1.54, 1.807) is 25.9 Å². The number of amides is 2. The highest BCUT2D eigenvalue weighted by molar-refractivity contribution is 7.91. The summed E-state index contributed by atoms with van der Waals surface area (Å²) in [5.41, 5.74) is 0.321. The molecule has 0 radical (unpaired) electrons. The molecule has 3 N–H and O–H groups in total. The quantitative estimate of drug-likeness (QED) is 0.445. The van der Waals surface area contributed by atoms with Gasteiger partial charge in [-0.05, 0) is 44.8 Å². The molecule has 1 aromatic carbocycles. The first-order valence-electron chi connectivity index (χ1n) is 10.8. The van der Waals surface area contributed by atoms with Crippen LogP contribution in [0.5, 0.6) is 0 Å². The van der Waals surface area contributed by atoms with Gasteiger partial charge < -0.3 is 20.6 Å². The normalized spacial score (nSPS) is 16.2. The molecule has 0 aliphatic heterocycles. The predicted molar refractivity (Wildman–Crippen MR) is 127 cm³/mol. The third kappa shape index (κ3) is 9.67. The monoisotopic (exact) mass is 469 g/mol. The first-order chi connectivity index (χ1) is 14.6. The van der Waals surface area contributed by atoms with Crippen LogP contribution in [-0.2, 0) is 25.8 Å². The lowest BCUT2D eigenvalue weighted by Gasteiger charge is -2.33. The lowest BCUT2D eigenvalue weighted by molar-refractivity contribution is -0.132. The van der Waals surface area contributed by atoms with Gasteiger partial charge in [-0.15, -0.1) is 0 Å². The van der Waals surface area contributed by atoms with Gasteiger partial charge in [0.15, 0.2) is 0 Å². The van der Waals surface area contributed by atoms with Gasteiger partial charge in [-0.3, -0.25) is 9.59 Å². The maximum Gasteiger partial charge on any atom is 0.243 e. The van der Waals surface area contributed by atoms with Crippen LogP contribution in [0.2, 0.25) is 0 Å². The molecule has 8 nitrogen and oxygen atoms in total. The molecular weight excluding hydrogens is 430 g/mol. The van der Waals surface area contributed by atoms with Crippen LogP contribution < -0.4 is 10.6 Å². The van der Waals surface area contributed by atoms with Gasteiger partial charge >= 0.3 is 0 Å². The van der Waals surface area contributed by atoms with Gasteiger partial charge in [0.1, 0.15) is 15.9 Å². The number of aliphatic hydroxyl groups excluding tert-OH is 1. The molecule has 9 heteroatoms. The number of sulfone groups is 1. The van der Waals surface area contributed by atoms with Crippen LogP contribution in [0.1, 0.15) is 39.7 Å². The summed E-state index contributed by atoms with van der Waals surface area (Å²) in [5.74, 6) is -0.701. The van der Waals surface area contributed by atoms with E-state index in [0.29, 0.717) is 6.42 Å². The molecule has 1 rings (SSSR count). The van der Waals surface area contributed by atoms with Crippen LogP contribution >= 0.6 is 0 Å². The Hall–Kier alpha value is -1.97. The Kier molecular flexibility index (Phi) is 10.3. The van der Waals surface area contributed by atoms with Crippen molar-refractivity contribution in [1.82, 2.24) is 15.5 Å². The van der Waals surface area contributed by atoms with E-state index in [1.807, 2.05) is 51.1 Å². The lowest BCUT2D eigenvalue weighted by Crippen LogP contribution is -2.58. The highest BCUT2D eigenvalue weighted by atomic mass is 32.2. The molecule has 182 valence electrons. The zero-order valence-corrected chi connectivity index (χ0v) is 21.1. The molecule has 2 amide bonds. The Balaban J connectivity index is 3.10. The molecule has 0 saturated carbocycles. The Morgan fingerprint density at radius 3 is 2.12 bits per heavy atom. The standard InChI is InChI=1S/C23H39N3O5S/c1-16(32(7,30)31)13-19(27)18(14-17-11-9-8-10-12-17)24-22(29)21(23(2,3)4)25-20(28)15-26(5)6/h8-12,16,18-19,21,27H,13-15H2,1-7H3,(H,24,29)(H,25,28)/t16?,18?,19?,21-/m1/s1. The average molecular weight is 470 g/mol. The summed E-state index contributed by atoms with van der Waals surface area (Å²) >= 11 is 0. The molecule has 0 saturated heterocycles. The second kappa shape index (κ2) is 11.8. The van der Waals surface area contributed by atoms with Crippen LogP contribution in [0.3, 0.4) is 0 Å². The van der Waals surface area contributed by atoms with Gasteiger partial charge in [-0.1, -0.05) is 51.1 Å². The van der Waals surface area contributed by atoms with Crippen molar-refractivity contribution in [3.05, 3.63) is 35.9 Å². The van der Waals surface area contributed by atoms with Crippen LogP contribution in [0.4, 0.5) is 0 Å². The van der Waals surface area contributed by atoms with Crippen molar-refractivity contribution >= 4 is 21.7 Å². The van der Waals surface area contributed by atoms with Gasteiger partial charge in [-0.2, -0.15) is 0 Å². The predicted octanol–water partition coefficient (Wildman–Crippen LogP) is 0.991. The van der Waals surface area contributed by atoms with E-state index < -0.39 is 44.6 Å². The van der Waals surface area contributed by atoms with Gasteiger partial charge in [0, 0.05) is 6.26 Å². The maximum atomic E-state index is 13.2. The maximum absolute atomic E-state index is 13.2. The number of nitrogens with zero attached hydrogens (tertiary/aromatic N) is 1. The van der Waals surface area contributed by atoms with Crippen molar-refractivity contribution in [2.24, 2.45) is 5.41 Å². The van der Waals surface area contributed by atoms with E-state index in [-0.39, 0.29) is 18.9 Å². The zero-order valence-electron chi connectivity index (χ0n) is 20.3. The minimum atomic E-state index is -3.33. The Labute approximate surface area is 192 Å². The van der Waals surface area contributed by atoms with E-state index >= 15 is 0 Å². The molecule has 0 spiro atoms. The minimum absolute atomic E-state index is 0.0101. The fourth-order valence-electron chi connectivity index (χ4n) is 3.27. The fourth-order valence-corrected chi connectivity index (χ4v) is 3.81. The molecule has 4 atom stereocenters. The van der Waals surface area contributed by atoms with Gasteiger partial charge in [0.05, 0.1) is 23.9 Å². The van der Waals surface area contributed by atoms with Crippen LogP contribution in [-0.4, -0.2) is 80.6 Å². The second-order valence-electron chi connectivity index (χ2n) is 9.85. The summed E-state index contributed by atoms with van der Waals surface area (Å²) in [7, 11) is 0.196. The molecule has 0 aliphatic carbocycles. The number of carbonyl (C=O) groups is 2. The topological polar surface area (TPSA) is 116 Å². The number of nitrogens with one attached hydrogen (secondary N) is 2. The molecule has 0 aromatic heterocycles.